The zero-order valence-electron chi connectivity index (χ0n) is 15.2. The Morgan fingerprint density at radius 2 is 1.89 bits per heavy atom. The fourth-order valence-corrected chi connectivity index (χ4v) is 4.43. The Morgan fingerprint density at radius 3 is 2.59 bits per heavy atom. The standard InChI is InChI=1S/C18H23ClN6O2/c19-17-15(10-20)21-11-16(22-17)23-5-1-2-14(12-23)25-7-6-24(18(25)26)13-3-8-27-9-4-13/h11,13-14H,1-9,12H2. The molecule has 0 radical (unpaired) electrons. The van der Waals surface area contributed by atoms with Gasteiger partial charge in [-0.25, -0.2) is 14.8 Å². The molecule has 3 aliphatic rings. The lowest BCUT2D eigenvalue weighted by molar-refractivity contribution is 0.0500. The Labute approximate surface area is 163 Å². The molecule has 3 saturated heterocycles. The number of hydrogen-bond donors (Lipinski definition) is 0. The van der Waals surface area contributed by atoms with Crippen molar-refractivity contribution in [2.45, 2.75) is 37.8 Å². The van der Waals surface area contributed by atoms with Crippen molar-refractivity contribution in [2.75, 3.05) is 44.3 Å². The van der Waals surface area contributed by atoms with Gasteiger partial charge in [0, 0.05) is 45.4 Å². The van der Waals surface area contributed by atoms with Crippen LogP contribution in [-0.2, 0) is 4.74 Å². The van der Waals surface area contributed by atoms with E-state index in [-0.39, 0.29) is 22.9 Å². The molecule has 4 heterocycles. The monoisotopic (exact) mass is 390 g/mol. The number of piperidine rings is 1. The highest BCUT2D eigenvalue weighted by Gasteiger charge is 2.39. The van der Waals surface area contributed by atoms with E-state index in [0.29, 0.717) is 18.4 Å². The van der Waals surface area contributed by atoms with Gasteiger partial charge >= 0.3 is 6.03 Å². The first-order valence-corrected chi connectivity index (χ1v) is 9.87. The molecule has 1 atom stereocenters. The summed E-state index contributed by atoms with van der Waals surface area (Å²) in [7, 11) is 0. The van der Waals surface area contributed by atoms with Crippen molar-refractivity contribution >= 4 is 23.4 Å². The summed E-state index contributed by atoms with van der Waals surface area (Å²) in [4.78, 5) is 27.5. The normalized spacial score (nSPS) is 24.4. The fourth-order valence-electron chi connectivity index (χ4n) is 4.25. The van der Waals surface area contributed by atoms with Crippen LogP contribution in [0.5, 0.6) is 0 Å². The van der Waals surface area contributed by atoms with Gasteiger partial charge in [-0.2, -0.15) is 5.26 Å². The van der Waals surface area contributed by atoms with Crippen LogP contribution in [0.1, 0.15) is 31.4 Å². The van der Waals surface area contributed by atoms with Crippen LogP contribution >= 0.6 is 11.6 Å². The van der Waals surface area contributed by atoms with Gasteiger partial charge in [0.1, 0.15) is 11.9 Å². The van der Waals surface area contributed by atoms with Crippen molar-refractivity contribution in [3.05, 3.63) is 17.0 Å². The maximum atomic E-state index is 13.0. The Kier molecular flexibility index (Phi) is 5.32. The van der Waals surface area contributed by atoms with Crippen molar-refractivity contribution in [3.8, 4) is 6.07 Å². The highest BCUT2D eigenvalue weighted by atomic mass is 35.5. The van der Waals surface area contributed by atoms with Gasteiger partial charge in [0.15, 0.2) is 10.8 Å². The SMILES string of the molecule is N#Cc1ncc(N2CCCC(N3CCN(C4CCOCC4)C3=O)C2)nc1Cl. The molecule has 2 amide bonds. The zero-order chi connectivity index (χ0) is 18.8. The molecule has 1 unspecified atom stereocenters. The van der Waals surface area contributed by atoms with Gasteiger partial charge < -0.3 is 19.4 Å². The second kappa shape index (κ2) is 7.87. The van der Waals surface area contributed by atoms with Crippen LogP contribution < -0.4 is 4.90 Å². The molecule has 0 bridgehead atoms. The lowest BCUT2D eigenvalue weighted by Gasteiger charge is -2.38. The Balaban J connectivity index is 1.43. The van der Waals surface area contributed by atoms with E-state index in [2.05, 4.69) is 14.9 Å². The minimum Gasteiger partial charge on any atom is -0.381 e. The lowest BCUT2D eigenvalue weighted by Crippen LogP contribution is -2.51. The molecule has 0 aromatic carbocycles. The summed E-state index contributed by atoms with van der Waals surface area (Å²) in [5.41, 5.74) is 0.135. The number of ether oxygens (including phenoxy) is 1. The number of anilines is 1. The molecule has 1 aromatic rings. The van der Waals surface area contributed by atoms with Gasteiger partial charge in [-0.1, -0.05) is 11.6 Å². The van der Waals surface area contributed by atoms with E-state index < -0.39 is 0 Å². The molecule has 144 valence electrons. The number of urea groups is 1. The lowest BCUT2D eigenvalue weighted by atomic mass is 10.0. The van der Waals surface area contributed by atoms with Crippen LogP contribution in [0.4, 0.5) is 10.6 Å². The molecule has 1 aromatic heterocycles. The second-order valence-electron chi connectivity index (χ2n) is 7.23. The second-order valence-corrected chi connectivity index (χ2v) is 7.59. The molecular formula is C18H23ClN6O2. The van der Waals surface area contributed by atoms with Crippen LogP contribution in [0, 0.1) is 11.3 Å². The Hall–Kier alpha value is -2.11. The minimum absolute atomic E-state index is 0.125. The summed E-state index contributed by atoms with van der Waals surface area (Å²) in [6.07, 6.45) is 5.41. The van der Waals surface area contributed by atoms with Crippen molar-refractivity contribution in [3.63, 3.8) is 0 Å². The molecule has 0 N–H and O–H groups in total. The van der Waals surface area contributed by atoms with E-state index in [1.165, 1.54) is 0 Å². The molecule has 0 saturated carbocycles. The molecule has 3 aliphatic heterocycles. The van der Waals surface area contributed by atoms with Gasteiger partial charge in [-0.3, -0.25) is 0 Å². The Bertz CT molecular complexity index is 748. The fraction of sp³-hybridized carbons (Fsp3) is 0.667. The molecule has 4 rings (SSSR count). The summed E-state index contributed by atoms with van der Waals surface area (Å²) in [6.45, 7) is 4.61. The number of rotatable bonds is 3. The summed E-state index contributed by atoms with van der Waals surface area (Å²) in [6, 6.07) is 2.54. The van der Waals surface area contributed by atoms with Crippen molar-refractivity contribution < 1.29 is 9.53 Å². The maximum Gasteiger partial charge on any atom is 0.320 e. The molecule has 27 heavy (non-hydrogen) atoms. The number of carbonyl (C=O) groups excluding carboxylic acids is 1. The number of aromatic nitrogens is 2. The molecule has 3 fully saturated rings. The van der Waals surface area contributed by atoms with E-state index >= 15 is 0 Å². The van der Waals surface area contributed by atoms with Gasteiger partial charge in [-0.15, -0.1) is 0 Å². The van der Waals surface area contributed by atoms with E-state index in [1.54, 1.807) is 6.20 Å². The molecule has 0 spiro atoms. The average molecular weight is 391 g/mol. The van der Waals surface area contributed by atoms with Crippen LogP contribution in [0.3, 0.4) is 0 Å². The topological polar surface area (TPSA) is 85.6 Å². The Morgan fingerprint density at radius 1 is 1.15 bits per heavy atom. The summed E-state index contributed by atoms with van der Waals surface area (Å²) in [5.74, 6) is 0.664. The van der Waals surface area contributed by atoms with Crippen LogP contribution in [0.25, 0.3) is 0 Å². The zero-order valence-corrected chi connectivity index (χ0v) is 15.9. The van der Waals surface area contributed by atoms with Crippen molar-refractivity contribution in [1.29, 1.82) is 5.26 Å². The van der Waals surface area contributed by atoms with E-state index in [9.17, 15) is 4.79 Å². The number of carbonyl (C=O) groups is 1. The third kappa shape index (κ3) is 3.66. The van der Waals surface area contributed by atoms with E-state index in [0.717, 1.165) is 58.5 Å². The number of hydrogen-bond acceptors (Lipinski definition) is 6. The predicted octanol–water partition coefficient (Wildman–Crippen LogP) is 1.89. The van der Waals surface area contributed by atoms with Gasteiger partial charge in [-0.05, 0) is 25.7 Å². The summed E-state index contributed by atoms with van der Waals surface area (Å²) in [5, 5.41) is 9.08. The largest absolute Gasteiger partial charge is 0.381 e. The third-order valence-corrected chi connectivity index (χ3v) is 5.95. The first kappa shape index (κ1) is 18.3. The first-order chi connectivity index (χ1) is 13.2. The number of amides is 2. The minimum atomic E-state index is 0.125. The van der Waals surface area contributed by atoms with Gasteiger partial charge in [0.25, 0.3) is 0 Å². The summed E-state index contributed by atoms with van der Waals surface area (Å²) < 4.78 is 5.42. The van der Waals surface area contributed by atoms with Gasteiger partial charge in [0.05, 0.1) is 12.2 Å². The molecule has 8 nitrogen and oxygen atoms in total. The van der Waals surface area contributed by atoms with E-state index in [1.807, 2.05) is 15.9 Å². The van der Waals surface area contributed by atoms with Gasteiger partial charge in [0.2, 0.25) is 0 Å². The smallest absolute Gasteiger partial charge is 0.320 e. The molecule has 0 aliphatic carbocycles. The maximum absolute atomic E-state index is 13.0. The van der Waals surface area contributed by atoms with E-state index in [4.69, 9.17) is 21.6 Å². The first-order valence-electron chi connectivity index (χ1n) is 9.50. The van der Waals surface area contributed by atoms with Crippen LogP contribution in [0.15, 0.2) is 6.20 Å². The van der Waals surface area contributed by atoms with Crippen molar-refractivity contribution in [2.24, 2.45) is 0 Å². The van der Waals surface area contributed by atoms with Crippen molar-refractivity contribution in [1.82, 2.24) is 19.8 Å². The number of nitriles is 1. The average Bonchev–Trinajstić information content (AvgIpc) is 3.10. The molecule has 9 heteroatoms. The number of halogens is 1. The summed E-state index contributed by atoms with van der Waals surface area (Å²) >= 11 is 6.04. The highest BCUT2D eigenvalue weighted by Crippen LogP contribution is 2.27. The predicted molar refractivity (Wildman–Crippen MR) is 99.6 cm³/mol. The van der Waals surface area contributed by atoms with Crippen LogP contribution in [-0.4, -0.2) is 77.3 Å². The molecular weight excluding hydrogens is 368 g/mol. The number of nitrogens with zero attached hydrogens (tertiary/aromatic N) is 6. The highest BCUT2D eigenvalue weighted by molar-refractivity contribution is 6.30. The third-order valence-electron chi connectivity index (χ3n) is 5.69. The van der Waals surface area contributed by atoms with Crippen LogP contribution in [0.2, 0.25) is 5.15 Å². The quantitative estimate of drug-likeness (QED) is 0.783.